The smallest absolute Gasteiger partial charge is 0.246 e. The van der Waals surface area contributed by atoms with Crippen LogP contribution in [0.1, 0.15) is 50.7 Å². The number of aromatic nitrogens is 2. The largest absolute Gasteiger partial charge is 0.337 e. The predicted octanol–water partition coefficient (Wildman–Crippen LogP) is 0.946. The topological polar surface area (TPSA) is 99.1 Å². The van der Waals surface area contributed by atoms with Crippen molar-refractivity contribution < 1.29 is 12.9 Å². The van der Waals surface area contributed by atoms with E-state index in [1.165, 1.54) is 0 Å². The van der Waals surface area contributed by atoms with E-state index in [0.717, 1.165) is 12.8 Å². The van der Waals surface area contributed by atoms with E-state index in [1.54, 1.807) is 0 Å². The van der Waals surface area contributed by atoms with E-state index in [9.17, 15) is 8.42 Å². The Morgan fingerprint density at radius 1 is 1.56 bits per heavy atom. The lowest BCUT2D eigenvalue weighted by Crippen LogP contribution is -2.33. The second-order valence-electron chi connectivity index (χ2n) is 5.23. The molecule has 2 heterocycles. The second-order valence-corrected chi connectivity index (χ2v) is 7.45. The Bertz CT molecular complexity index is 521. The van der Waals surface area contributed by atoms with E-state index in [2.05, 4.69) is 10.1 Å². The third kappa shape index (κ3) is 2.72. The maximum Gasteiger partial charge on any atom is 0.246 e. The second kappa shape index (κ2) is 4.62. The SMILES string of the molecule is CCCC(C)(N)c1nc(C2CCS(=O)(=O)C2)no1. The number of hydrogen-bond donors (Lipinski definition) is 1. The van der Waals surface area contributed by atoms with Crippen LogP contribution in [-0.4, -0.2) is 30.1 Å². The summed E-state index contributed by atoms with van der Waals surface area (Å²) in [6.07, 6.45) is 2.23. The molecule has 18 heavy (non-hydrogen) atoms. The molecule has 1 aliphatic rings. The molecule has 0 radical (unpaired) electrons. The van der Waals surface area contributed by atoms with Gasteiger partial charge in [-0.2, -0.15) is 4.98 Å². The maximum atomic E-state index is 11.4. The number of rotatable bonds is 4. The summed E-state index contributed by atoms with van der Waals surface area (Å²) in [5, 5.41) is 3.88. The van der Waals surface area contributed by atoms with Crippen molar-refractivity contribution in [3.05, 3.63) is 11.7 Å². The summed E-state index contributed by atoms with van der Waals surface area (Å²) in [7, 11) is -2.93. The minimum absolute atomic E-state index is 0.112. The Hall–Kier alpha value is -0.950. The minimum Gasteiger partial charge on any atom is -0.337 e. The van der Waals surface area contributed by atoms with Crippen LogP contribution in [0.2, 0.25) is 0 Å². The lowest BCUT2D eigenvalue weighted by atomic mass is 9.97. The molecular formula is C11H19N3O3S. The van der Waals surface area contributed by atoms with E-state index >= 15 is 0 Å². The molecule has 1 saturated heterocycles. The quantitative estimate of drug-likeness (QED) is 0.876. The highest BCUT2D eigenvalue weighted by Gasteiger charge is 2.34. The van der Waals surface area contributed by atoms with Gasteiger partial charge in [0.1, 0.15) is 0 Å². The van der Waals surface area contributed by atoms with Gasteiger partial charge in [-0.05, 0) is 19.8 Å². The van der Waals surface area contributed by atoms with Gasteiger partial charge in [0.2, 0.25) is 5.89 Å². The average molecular weight is 273 g/mol. The predicted molar refractivity (Wildman–Crippen MR) is 66.8 cm³/mol. The van der Waals surface area contributed by atoms with Crippen molar-refractivity contribution in [1.82, 2.24) is 10.1 Å². The zero-order chi connectivity index (χ0) is 13.4. The van der Waals surface area contributed by atoms with Crippen molar-refractivity contribution >= 4 is 9.84 Å². The molecule has 0 amide bonds. The molecule has 2 N–H and O–H groups in total. The molecule has 2 rings (SSSR count). The molecule has 0 saturated carbocycles. The lowest BCUT2D eigenvalue weighted by Gasteiger charge is -2.18. The lowest BCUT2D eigenvalue weighted by molar-refractivity contribution is 0.282. The van der Waals surface area contributed by atoms with Crippen LogP contribution in [0, 0.1) is 0 Å². The van der Waals surface area contributed by atoms with Crippen molar-refractivity contribution in [3.8, 4) is 0 Å². The fourth-order valence-corrected chi connectivity index (χ4v) is 4.00. The Morgan fingerprint density at radius 2 is 2.28 bits per heavy atom. The van der Waals surface area contributed by atoms with Crippen molar-refractivity contribution in [2.24, 2.45) is 5.73 Å². The molecule has 0 aliphatic carbocycles. The highest BCUT2D eigenvalue weighted by molar-refractivity contribution is 7.91. The monoisotopic (exact) mass is 273 g/mol. The zero-order valence-electron chi connectivity index (χ0n) is 10.7. The molecule has 1 aliphatic heterocycles. The van der Waals surface area contributed by atoms with Gasteiger partial charge in [0.05, 0.1) is 17.0 Å². The molecule has 6 nitrogen and oxygen atoms in total. The summed E-state index contributed by atoms with van der Waals surface area (Å²) < 4.78 is 28.0. The summed E-state index contributed by atoms with van der Waals surface area (Å²) in [4.78, 5) is 4.28. The van der Waals surface area contributed by atoms with Gasteiger partial charge in [-0.15, -0.1) is 0 Å². The van der Waals surface area contributed by atoms with Crippen molar-refractivity contribution in [1.29, 1.82) is 0 Å². The van der Waals surface area contributed by atoms with Crippen LogP contribution in [0.25, 0.3) is 0 Å². The van der Waals surface area contributed by atoms with Gasteiger partial charge in [0.25, 0.3) is 0 Å². The van der Waals surface area contributed by atoms with Gasteiger partial charge < -0.3 is 10.3 Å². The normalized spacial score (nSPS) is 26.1. The van der Waals surface area contributed by atoms with Gasteiger partial charge in [-0.25, -0.2) is 8.42 Å². The molecule has 0 aromatic carbocycles. The van der Waals surface area contributed by atoms with Gasteiger partial charge in [-0.3, -0.25) is 0 Å². The van der Waals surface area contributed by atoms with Crippen molar-refractivity contribution in [2.75, 3.05) is 11.5 Å². The molecule has 1 fully saturated rings. The van der Waals surface area contributed by atoms with Crippen LogP contribution in [0.15, 0.2) is 4.52 Å². The fraction of sp³-hybridized carbons (Fsp3) is 0.818. The van der Waals surface area contributed by atoms with E-state index in [4.69, 9.17) is 10.3 Å². The number of nitrogens with zero attached hydrogens (tertiary/aromatic N) is 2. The maximum absolute atomic E-state index is 11.4. The fourth-order valence-electron chi connectivity index (χ4n) is 2.26. The van der Waals surface area contributed by atoms with Crippen LogP contribution in [-0.2, 0) is 15.4 Å². The van der Waals surface area contributed by atoms with Crippen molar-refractivity contribution in [3.63, 3.8) is 0 Å². The molecule has 1 aromatic rings. The standard InChI is InChI=1S/C11H19N3O3S/c1-3-5-11(2,12)10-13-9(14-17-10)8-4-6-18(15,16)7-8/h8H,3-7,12H2,1-2H3. The van der Waals surface area contributed by atoms with Gasteiger partial charge >= 0.3 is 0 Å². The van der Waals surface area contributed by atoms with Gasteiger partial charge in [-0.1, -0.05) is 18.5 Å². The van der Waals surface area contributed by atoms with Crippen LogP contribution < -0.4 is 5.73 Å². The summed E-state index contributed by atoms with van der Waals surface area (Å²) in [6, 6.07) is 0. The molecule has 7 heteroatoms. The Morgan fingerprint density at radius 3 is 2.83 bits per heavy atom. The Kier molecular flexibility index (Phi) is 3.46. The van der Waals surface area contributed by atoms with E-state index in [1.807, 2.05) is 13.8 Å². The molecule has 0 spiro atoms. The molecule has 0 bridgehead atoms. The first kappa shape index (κ1) is 13.5. The van der Waals surface area contributed by atoms with Crippen LogP contribution in [0.3, 0.4) is 0 Å². The first-order valence-corrected chi connectivity index (χ1v) is 7.99. The third-order valence-corrected chi connectivity index (χ3v) is 5.07. The van der Waals surface area contributed by atoms with E-state index in [-0.39, 0.29) is 17.4 Å². The van der Waals surface area contributed by atoms with Crippen LogP contribution in [0.5, 0.6) is 0 Å². The Balaban J connectivity index is 2.16. The summed E-state index contributed by atoms with van der Waals surface area (Å²) in [5.41, 5.74) is 5.46. The summed E-state index contributed by atoms with van der Waals surface area (Å²) in [5.74, 6) is 1.03. The van der Waals surface area contributed by atoms with Gasteiger partial charge in [0, 0.05) is 5.92 Å². The third-order valence-electron chi connectivity index (χ3n) is 3.30. The van der Waals surface area contributed by atoms with Gasteiger partial charge in [0.15, 0.2) is 15.7 Å². The molecule has 2 atom stereocenters. The minimum atomic E-state index is -2.93. The Labute approximate surface area is 107 Å². The molecular weight excluding hydrogens is 254 g/mol. The zero-order valence-corrected chi connectivity index (χ0v) is 11.5. The van der Waals surface area contributed by atoms with Crippen LogP contribution in [0.4, 0.5) is 0 Å². The highest BCUT2D eigenvalue weighted by atomic mass is 32.2. The summed E-state index contributed by atoms with van der Waals surface area (Å²) >= 11 is 0. The highest BCUT2D eigenvalue weighted by Crippen LogP contribution is 2.29. The number of nitrogens with two attached hydrogens (primary N) is 1. The average Bonchev–Trinajstić information content (AvgIpc) is 2.84. The van der Waals surface area contributed by atoms with E-state index in [0.29, 0.717) is 18.1 Å². The molecule has 102 valence electrons. The molecule has 1 aromatic heterocycles. The van der Waals surface area contributed by atoms with Crippen LogP contribution >= 0.6 is 0 Å². The van der Waals surface area contributed by atoms with E-state index < -0.39 is 15.4 Å². The molecule has 2 unspecified atom stereocenters. The van der Waals surface area contributed by atoms with Crippen molar-refractivity contribution in [2.45, 2.75) is 44.6 Å². The first-order valence-electron chi connectivity index (χ1n) is 6.17. The first-order chi connectivity index (χ1) is 8.34. The number of hydrogen-bond acceptors (Lipinski definition) is 6. The number of sulfone groups is 1. The summed E-state index contributed by atoms with van der Waals surface area (Å²) in [6.45, 7) is 3.88.